The fourth-order valence-corrected chi connectivity index (χ4v) is 4.36. The summed E-state index contributed by atoms with van der Waals surface area (Å²) in [5.74, 6) is 0.580. The van der Waals surface area contributed by atoms with Gasteiger partial charge in [-0.05, 0) is 63.3 Å². The van der Waals surface area contributed by atoms with E-state index in [0.29, 0.717) is 54.8 Å². The molecule has 0 aliphatic carbocycles. The second-order valence-electron chi connectivity index (χ2n) is 8.18. The maximum atomic E-state index is 13.1. The topological polar surface area (TPSA) is 92.5 Å². The lowest BCUT2D eigenvalue weighted by Gasteiger charge is -2.25. The molecule has 176 valence electrons. The van der Waals surface area contributed by atoms with Crippen molar-refractivity contribution in [3.63, 3.8) is 0 Å². The van der Waals surface area contributed by atoms with Gasteiger partial charge in [-0.2, -0.15) is 0 Å². The molecule has 8 nitrogen and oxygen atoms in total. The highest BCUT2D eigenvalue weighted by Gasteiger charge is 2.47. The van der Waals surface area contributed by atoms with E-state index in [0.717, 1.165) is 19.6 Å². The molecule has 0 radical (unpaired) electrons. The average molecular weight is 455 g/mol. The predicted molar refractivity (Wildman–Crippen MR) is 122 cm³/mol. The SMILES string of the molecule is CCN(CC)CCCN1C(=O)C(=O)/C(=C(\O)c2ccc3c(c2)OCCO3)[C@@H]1c1ccc(C)o1. The Labute approximate surface area is 193 Å². The van der Waals surface area contributed by atoms with Crippen molar-refractivity contribution < 1.29 is 28.6 Å². The Morgan fingerprint density at radius 2 is 1.82 bits per heavy atom. The van der Waals surface area contributed by atoms with E-state index in [1.165, 1.54) is 4.90 Å². The smallest absolute Gasteiger partial charge is 0.295 e. The number of fused-ring (bicyclic) bond motifs is 1. The number of aryl methyl sites for hydroxylation is 1. The number of carbonyl (C=O) groups excluding carboxylic acids is 2. The zero-order chi connectivity index (χ0) is 23.5. The molecular formula is C25H30N2O6. The highest BCUT2D eigenvalue weighted by Crippen LogP contribution is 2.41. The van der Waals surface area contributed by atoms with Gasteiger partial charge in [0, 0.05) is 12.1 Å². The minimum Gasteiger partial charge on any atom is -0.507 e. The molecule has 1 amide bonds. The molecule has 1 fully saturated rings. The van der Waals surface area contributed by atoms with E-state index >= 15 is 0 Å². The van der Waals surface area contributed by atoms with Gasteiger partial charge in [-0.25, -0.2) is 0 Å². The maximum Gasteiger partial charge on any atom is 0.295 e. The summed E-state index contributed by atoms with van der Waals surface area (Å²) in [4.78, 5) is 29.9. The van der Waals surface area contributed by atoms with Crippen LogP contribution >= 0.6 is 0 Å². The molecule has 0 saturated carbocycles. The number of nitrogens with zero attached hydrogens (tertiary/aromatic N) is 2. The third-order valence-corrected chi connectivity index (χ3v) is 6.15. The monoisotopic (exact) mass is 454 g/mol. The summed E-state index contributed by atoms with van der Waals surface area (Å²) >= 11 is 0. The molecule has 4 rings (SSSR count). The third kappa shape index (κ3) is 4.48. The number of ketones is 1. The van der Waals surface area contributed by atoms with Gasteiger partial charge in [0.2, 0.25) is 0 Å². The molecule has 33 heavy (non-hydrogen) atoms. The van der Waals surface area contributed by atoms with Gasteiger partial charge in [0.1, 0.15) is 36.5 Å². The molecule has 0 bridgehead atoms. The van der Waals surface area contributed by atoms with Crippen molar-refractivity contribution in [2.75, 3.05) is 39.4 Å². The Morgan fingerprint density at radius 1 is 1.09 bits per heavy atom. The van der Waals surface area contributed by atoms with E-state index in [4.69, 9.17) is 13.9 Å². The summed E-state index contributed by atoms with van der Waals surface area (Å²) in [5, 5.41) is 11.2. The fraction of sp³-hybridized carbons (Fsp3) is 0.440. The van der Waals surface area contributed by atoms with Crippen LogP contribution < -0.4 is 9.47 Å². The molecule has 1 saturated heterocycles. The van der Waals surface area contributed by atoms with Crippen LogP contribution in [-0.2, 0) is 9.59 Å². The lowest BCUT2D eigenvalue weighted by atomic mass is 9.99. The Bertz CT molecular complexity index is 1070. The van der Waals surface area contributed by atoms with Crippen molar-refractivity contribution in [3.8, 4) is 11.5 Å². The van der Waals surface area contributed by atoms with Crippen molar-refractivity contribution in [1.82, 2.24) is 9.80 Å². The van der Waals surface area contributed by atoms with E-state index < -0.39 is 17.7 Å². The Kier molecular flexibility index (Phi) is 6.74. The van der Waals surface area contributed by atoms with Crippen LogP contribution in [0.3, 0.4) is 0 Å². The summed E-state index contributed by atoms with van der Waals surface area (Å²) < 4.78 is 17.0. The number of rotatable bonds is 8. The van der Waals surface area contributed by atoms with Crippen molar-refractivity contribution >= 4 is 17.4 Å². The van der Waals surface area contributed by atoms with Crippen molar-refractivity contribution in [2.45, 2.75) is 33.2 Å². The first kappa shape index (κ1) is 22.9. The molecule has 2 aromatic rings. The van der Waals surface area contributed by atoms with Crippen LogP contribution in [0.5, 0.6) is 11.5 Å². The number of Topliss-reactive ketones (excluding diaryl/α,β-unsaturated/α-hetero) is 1. The van der Waals surface area contributed by atoms with Gasteiger partial charge in [0.25, 0.3) is 11.7 Å². The summed E-state index contributed by atoms with van der Waals surface area (Å²) in [6.07, 6.45) is 0.703. The lowest BCUT2D eigenvalue weighted by Crippen LogP contribution is -2.33. The van der Waals surface area contributed by atoms with Gasteiger partial charge in [-0.15, -0.1) is 0 Å². The average Bonchev–Trinajstić information content (AvgIpc) is 3.37. The number of aliphatic hydroxyl groups is 1. The number of benzene rings is 1. The van der Waals surface area contributed by atoms with E-state index in [9.17, 15) is 14.7 Å². The molecule has 2 aliphatic rings. The summed E-state index contributed by atoms with van der Waals surface area (Å²) in [5.41, 5.74) is 0.405. The van der Waals surface area contributed by atoms with Crippen LogP contribution in [0, 0.1) is 6.92 Å². The first-order chi connectivity index (χ1) is 15.9. The Hall–Kier alpha value is -3.26. The molecule has 0 unspecified atom stereocenters. The van der Waals surface area contributed by atoms with E-state index in [1.54, 1.807) is 37.3 Å². The minimum atomic E-state index is -0.788. The van der Waals surface area contributed by atoms with Gasteiger partial charge in [0.05, 0.1) is 5.57 Å². The Balaban J connectivity index is 1.71. The largest absolute Gasteiger partial charge is 0.507 e. The first-order valence-electron chi connectivity index (χ1n) is 11.4. The molecule has 1 aromatic carbocycles. The molecule has 8 heteroatoms. The van der Waals surface area contributed by atoms with Gasteiger partial charge < -0.3 is 28.8 Å². The number of ether oxygens (including phenoxy) is 2. The van der Waals surface area contributed by atoms with Gasteiger partial charge in [0.15, 0.2) is 11.5 Å². The van der Waals surface area contributed by atoms with E-state index in [-0.39, 0.29) is 11.3 Å². The lowest BCUT2D eigenvalue weighted by molar-refractivity contribution is -0.140. The van der Waals surface area contributed by atoms with Gasteiger partial charge >= 0.3 is 0 Å². The molecular weight excluding hydrogens is 424 g/mol. The fourth-order valence-electron chi connectivity index (χ4n) is 4.36. The summed E-state index contributed by atoms with van der Waals surface area (Å²) in [6.45, 7) is 9.86. The molecule has 3 heterocycles. The number of hydrogen-bond donors (Lipinski definition) is 1. The van der Waals surface area contributed by atoms with Crippen LogP contribution in [0.1, 0.15) is 43.4 Å². The van der Waals surface area contributed by atoms with E-state index in [2.05, 4.69) is 18.7 Å². The molecule has 1 atom stereocenters. The summed E-state index contributed by atoms with van der Waals surface area (Å²) in [7, 11) is 0. The molecule has 1 aromatic heterocycles. The van der Waals surface area contributed by atoms with E-state index in [1.807, 2.05) is 0 Å². The maximum absolute atomic E-state index is 13.1. The first-order valence-corrected chi connectivity index (χ1v) is 11.4. The van der Waals surface area contributed by atoms with Crippen molar-refractivity contribution in [1.29, 1.82) is 0 Å². The zero-order valence-corrected chi connectivity index (χ0v) is 19.3. The minimum absolute atomic E-state index is 0.0221. The molecule has 1 N–H and O–H groups in total. The third-order valence-electron chi connectivity index (χ3n) is 6.15. The van der Waals surface area contributed by atoms with Crippen molar-refractivity contribution in [3.05, 3.63) is 53.0 Å². The molecule has 0 spiro atoms. The number of hydrogen-bond acceptors (Lipinski definition) is 7. The second kappa shape index (κ2) is 9.70. The zero-order valence-electron chi connectivity index (χ0n) is 19.3. The van der Waals surface area contributed by atoms with Crippen molar-refractivity contribution in [2.24, 2.45) is 0 Å². The number of carbonyl (C=O) groups is 2. The highest BCUT2D eigenvalue weighted by atomic mass is 16.6. The number of likely N-dealkylation sites (tertiary alicyclic amines) is 1. The van der Waals surface area contributed by atoms with Crippen LogP contribution in [0.15, 0.2) is 40.3 Å². The summed E-state index contributed by atoms with van der Waals surface area (Å²) in [6, 6.07) is 7.72. The number of furan rings is 1. The number of aliphatic hydroxyl groups excluding tert-OH is 1. The second-order valence-corrected chi connectivity index (χ2v) is 8.18. The van der Waals surface area contributed by atoms with Gasteiger partial charge in [-0.3, -0.25) is 9.59 Å². The Morgan fingerprint density at radius 3 is 2.48 bits per heavy atom. The van der Waals surface area contributed by atoms with Crippen LogP contribution in [0.4, 0.5) is 0 Å². The van der Waals surface area contributed by atoms with Crippen LogP contribution in [-0.4, -0.2) is 66.0 Å². The standard InChI is InChI=1S/C25H30N2O6/c1-4-26(5-2)11-6-12-27-22(19-9-7-16(3)33-19)21(24(29)25(27)30)23(28)17-8-10-18-20(15-17)32-14-13-31-18/h7-10,15,22,28H,4-6,11-14H2,1-3H3/b23-21-/t22-/m0/s1. The predicted octanol–water partition coefficient (Wildman–Crippen LogP) is 3.51. The number of amides is 1. The normalized spacial score (nSPS) is 19.5. The quantitative estimate of drug-likeness (QED) is 0.371. The highest BCUT2D eigenvalue weighted by molar-refractivity contribution is 6.46. The van der Waals surface area contributed by atoms with Gasteiger partial charge in [-0.1, -0.05) is 13.8 Å². The van der Waals surface area contributed by atoms with Crippen LogP contribution in [0.25, 0.3) is 5.76 Å². The molecule has 2 aliphatic heterocycles. The van der Waals surface area contributed by atoms with Crippen LogP contribution in [0.2, 0.25) is 0 Å².